The highest BCUT2D eigenvalue weighted by Gasteiger charge is 2.25. The lowest BCUT2D eigenvalue weighted by molar-refractivity contribution is -0.120. The minimum Gasteiger partial charge on any atom is -0.360 e. The Morgan fingerprint density at radius 1 is 1.13 bits per heavy atom. The Bertz CT molecular complexity index is 1060. The molecule has 3 rings (SSSR count). The van der Waals surface area contributed by atoms with E-state index in [1.54, 1.807) is 45.0 Å². The summed E-state index contributed by atoms with van der Waals surface area (Å²) in [5.41, 5.74) is 2.35. The Morgan fingerprint density at radius 2 is 1.81 bits per heavy atom. The van der Waals surface area contributed by atoms with Crippen molar-refractivity contribution in [3.63, 3.8) is 0 Å². The van der Waals surface area contributed by atoms with Crippen LogP contribution in [0.2, 0.25) is 0 Å². The molecule has 2 aromatic rings. The quantitative estimate of drug-likeness (QED) is 0.682. The van der Waals surface area contributed by atoms with Crippen LogP contribution >= 0.6 is 0 Å². The number of rotatable bonds is 7. The summed E-state index contributed by atoms with van der Waals surface area (Å²) < 4.78 is 27.2. The minimum absolute atomic E-state index is 0.0153. The van der Waals surface area contributed by atoms with Crippen LogP contribution in [-0.2, 0) is 14.8 Å². The lowest BCUT2D eigenvalue weighted by Gasteiger charge is -2.28. The molecular weight excluding hydrogens is 416 g/mol. The van der Waals surface area contributed by atoms with Gasteiger partial charge in [0, 0.05) is 43.1 Å². The Labute approximate surface area is 183 Å². The first-order valence-corrected chi connectivity index (χ1v) is 11.7. The van der Waals surface area contributed by atoms with Gasteiger partial charge in [0.05, 0.1) is 11.4 Å². The number of aryl methyl sites for hydroxylation is 1. The first-order valence-electron chi connectivity index (χ1n) is 10.3. The van der Waals surface area contributed by atoms with Crippen LogP contribution in [0.3, 0.4) is 0 Å². The van der Waals surface area contributed by atoms with E-state index in [4.69, 9.17) is 0 Å². The van der Waals surface area contributed by atoms with Crippen molar-refractivity contribution in [2.75, 3.05) is 42.9 Å². The van der Waals surface area contributed by atoms with Gasteiger partial charge in [-0.3, -0.25) is 9.59 Å². The standard InChI is InChI=1S/C22H28N4O4S/c1-4-26(5-2)31(29,30)20-14-17(7-6-16(20)3)22(28)24-18-8-10-19(11-9-18)25-13-12-23-21(27)15-25/h6-11,14H,4-5,12-13,15H2,1-3H3,(H,23,27)(H,24,28). The average Bonchev–Trinajstić information content (AvgIpc) is 2.75. The monoisotopic (exact) mass is 444 g/mol. The Hall–Kier alpha value is -2.91. The molecule has 166 valence electrons. The molecule has 0 spiro atoms. The third-order valence-electron chi connectivity index (χ3n) is 5.30. The summed E-state index contributed by atoms with van der Waals surface area (Å²) in [4.78, 5) is 26.4. The summed E-state index contributed by atoms with van der Waals surface area (Å²) in [7, 11) is -3.67. The molecular formula is C22H28N4O4S. The van der Waals surface area contributed by atoms with Crippen LogP contribution in [-0.4, -0.2) is 57.3 Å². The highest BCUT2D eigenvalue weighted by Crippen LogP contribution is 2.23. The van der Waals surface area contributed by atoms with Crippen LogP contribution in [0.4, 0.5) is 11.4 Å². The molecule has 0 radical (unpaired) electrons. The number of nitrogens with one attached hydrogen (secondary N) is 2. The van der Waals surface area contributed by atoms with E-state index in [-0.39, 0.29) is 22.3 Å². The van der Waals surface area contributed by atoms with Gasteiger partial charge in [-0.15, -0.1) is 0 Å². The van der Waals surface area contributed by atoms with E-state index in [0.29, 0.717) is 37.4 Å². The van der Waals surface area contributed by atoms with Crippen LogP contribution in [0.15, 0.2) is 47.4 Å². The second-order valence-electron chi connectivity index (χ2n) is 7.34. The van der Waals surface area contributed by atoms with Gasteiger partial charge >= 0.3 is 0 Å². The van der Waals surface area contributed by atoms with E-state index in [0.717, 1.165) is 12.2 Å². The van der Waals surface area contributed by atoms with Gasteiger partial charge in [0.1, 0.15) is 0 Å². The normalized spacial score (nSPS) is 14.5. The van der Waals surface area contributed by atoms with Crippen molar-refractivity contribution < 1.29 is 18.0 Å². The fraction of sp³-hybridized carbons (Fsp3) is 0.364. The second-order valence-corrected chi connectivity index (χ2v) is 9.25. The van der Waals surface area contributed by atoms with Crippen LogP contribution in [0.1, 0.15) is 29.8 Å². The van der Waals surface area contributed by atoms with Crippen molar-refractivity contribution in [2.24, 2.45) is 0 Å². The second kappa shape index (κ2) is 9.49. The summed E-state index contributed by atoms with van der Waals surface area (Å²) in [5, 5.41) is 5.59. The number of hydrogen-bond acceptors (Lipinski definition) is 5. The van der Waals surface area contributed by atoms with Crippen LogP contribution in [0.25, 0.3) is 0 Å². The van der Waals surface area contributed by atoms with Crippen molar-refractivity contribution in [3.05, 3.63) is 53.6 Å². The summed E-state index contributed by atoms with van der Waals surface area (Å²) >= 11 is 0. The van der Waals surface area contributed by atoms with Crippen LogP contribution < -0.4 is 15.5 Å². The number of carbonyl (C=O) groups excluding carboxylic acids is 2. The van der Waals surface area contributed by atoms with E-state index < -0.39 is 10.0 Å². The van der Waals surface area contributed by atoms with E-state index in [9.17, 15) is 18.0 Å². The van der Waals surface area contributed by atoms with Gasteiger partial charge in [0.2, 0.25) is 15.9 Å². The van der Waals surface area contributed by atoms with Crippen molar-refractivity contribution in [1.29, 1.82) is 0 Å². The first-order chi connectivity index (χ1) is 14.8. The van der Waals surface area contributed by atoms with Gasteiger partial charge in [0.15, 0.2) is 0 Å². The van der Waals surface area contributed by atoms with E-state index in [1.165, 1.54) is 10.4 Å². The molecule has 8 nitrogen and oxygen atoms in total. The molecule has 31 heavy (non-hydrogen) atoms. The zero-order chi connectivity index (χ0) is 22.6. The molecule has 0 bridgehead atoms. The third-order valence-corrected chi connectivity index (χ3v) is 7.49. The van der Waals surface area contributed by atoms with Gasteiger partial charge < -0.3 is 15.5 Å². The highest BCUT2D eigenvalue weighted by atomic mass is 32.2. The molecule has 0 aliphatic carbocycles. The van der Waals surface area contributed by atoms with Crippen LogP contribution in [0.5, 0.6) is 0 Å². The number of benzene rings is 2. The Kier molecular flexibility index (Phi) is 6.97. The summed E-state index contributed by atoms with van der Waals surface area (Å²) in [6.07, 6.45) is 0. The number of piperazine rings is 1. The molecule has 1 heterocycles. The van der Waals surface area contributed by atoms with Crippen molar-refractivity contribution >= 4 is 33.2 Å². The number of hydrogen-bond donors (Lipinski definition) is 2. The SMILES string of the molecule is CCN(CC)S(=O)(=O)c1cc(C(=O)Nc2ccc(N3CCNC(=O)C3)cc2)ccc1C. The van der Waals surface area contributed by atoms with Gasteiger partial charge in [-0.25, -0.2) is 8.42 Å². The molecule has 0 saturated carbocycles. The third kappa shape index (κ3) is 5.05. The Balaban J connectivity index is 1.77. The number of sulfonamides is 1. The molecule has 1 saturated heterocycles. The average molecular weight is 445 g/mol. The van der Waals surface area contributed by atoms with Gasteiger partial charge in [0.25, 0.3) is 5.91 Å². The Morgan fingerprint density at radius 3 is 2.42 bits per heavy atom. The summed E-state index contributed by atoms with van der Waals surface area (Å²) in [6, 6.07) is 11.9. The maximum Gasteiger partial charge on any atom is 0.255 e. The fourth-order valence-electron chi connectivity index (χ4n) is 3.54. The van der Waals surface area contributed by atoms with E-state index in [2.05, 4.69) is 10.6 Å². The molecule has 0 atom stereocenters. The van der Waals surface area contributed by atoms with E-state index >= 15 is 0 Å². The predicted molar refractivity (Wildman–Crippen MR) is 121 cm³/mol. The van der Waals surface area contributed by atoms with Crippen LogP contribution in [0, 0.1) is 6.92 Å². The number of anilines is 2. The topological polar surface area (TPSA) is 98.8 Å². The molecule has 2 N–H and O–H groups in total. The molecule has 2 aromatic carbocycles. The van der Waals surface area contributed by atoms with Gasteiger partial charge in [-0.2, -0.15) is 4.31 Å². The van der Waals surface area contributed by atoms with Gasteiger partial charge in [-0.1, -0.05) is 19.9 Å². The smallest absolute Gasteiger partial charge is 0.255 e. The number of nitrogens with zero attached hydrogens (tertiary/aromatic N) is 2. The zero-order valence-corrected chi connectivity index (χ0v) is 18.8. The zero-order valence-electron chi connectivity index (χ0n) is 18.0. The highest BCUT2D eigenvalue weighted by molar-refractivity contribution is 7.89. The van der Waals surface area contributed by atoms with Crippen molar-refractivity contribution in [3.8, 4) is 0 Å². The molecule has 0 aromatic heterocycles. The fourth-order valence-corrected chi connectivity index (χ4v) is 5.25. The molecule has 2 amide bonds. The molecule has 0 unspecified atom stereocenters. The molecule has 1 aliphatic rings. The predicted octanol–water partition coefficient (Wildman–Crippen LogP) is 2.21. The largest absolute Gasteiger partial charge is 0.360 e. The van der Waals surface area contributed by atoms with Crippen molar-refractivity contribution in [2.45, 2.75) is 25.7 Å². The molecule has 9 heteroatoms. The van der Waals surface area contributed by atoms with E-state index in [1.807, 2.05) is 17.0 Å². The minimum atomic E-state index is -3.67. The van der Waals surface area contributed by atoms with Gasteiger partial charge in [-0.05, 0) is 48.9 Å². The molecule has 1 fully saturated rings. The maximum absolute atomic E-state index is 12.9. The molecule has 1 aliphatic heterocycles. The maximum atomic E-state index is 12.9. The first kappa shape index (κ1) is 22.8. The lowest BCUT2D eigenvalue weighted by atomic mass is 10.1. The number of amides is 2. The van der Waals surface area contributed by atoms with Crippen molar-refractivity contribution in [1.82, 2.24) is 9.62 Å². The summed E-state index contributed by atoms with van der Waals surface area (Å²) in [5.74, 6) is -0.403. The summed E-state index contributed by atoms with van der Waals surface area (Å²) in [6.45, 7) is 7.64. The lowest BCUT2D eigenvalue weighted by Crippen LogP contribution is -2.47. The number of carbonyl (C=O) groups is 2.